The first kappa shape index (κ1) is 14.6. The van der Waals surface area contributed by atoms with Crippen molar-refractivity contribution in [3.63, 3.8) is 0 Å². The highest BCUT2D eigenvalue weighted by Gasteiger charge is 2.33. The molecule has 0 N–H and O–H groups in total. The Labute approximate surface area is 128 Å². The zero-order valence-corrected chi connectivity index (χ0v) is 12.8. The second-order valence-corrected chi connectivity index (χ2v) is 5.82. The molecule has 1 aliphatic heterocycles. The minimum atomic E-state index is -0.465. The highest BCUT2D eigenvalue weighted by Crippen LogP contribution is 2.36. The number of hydrogen-bond acceptors (Lipinski definition) is 5. The summed E-state index contributed by atoms with van der Waals surface area (Å²) in [5, 5.41) is 0. The highest BCUT2D eigenvalue weighted by molar-refractivity contribution is 5.91. The van der Waals surface area contributed by atoms with Crippen LogP contribution < -0.4 is 0 Å². The molecule has 0 spiro atoms. The molecule has 5 nitrogen and oxygen atoms in total. The van der Waals surface area contributed by atoms with Crippen LogP contribution in [0.1, 0.15) is 43.3 Å². The number of fused-ring (bicyclic) bond motifs is 3. The summed E-state index contributed by atoms with van der Waals surface area (Å²) >= 11 is 0. The molecule has 2 bridgehead atoms. The fourth-order valence-electron chi connectivity index (χ4n) is 2.99. The van der Waals surface area contributed by atoms with Crippen LogP contribution in [0.2, 0.25) is 0 Å². The van der Waals surface area contributed by atoms with Gasteiger partial charge in [0, 0.05) is 30.9 Å². The largest absolute Gasteiger partial charge is 0.468 e. The smallest absolute Gasteiger partial charge is 0.334 e. The molecule has 1 aromatic heterocycles. The zero-order chi connectivity index (χ0) is 15.9. The molecule has 0 saturated heterocycles. The van der Waals surface area contributed by atoms with Crippen molar-refractivity contribution in [2.75, 3.05) is 0 Å². The third-order valence-corrected chi connectivity index (χ3v) is 3.88. The normalized spacial score (nSPS) is 26.4. The lowest BCUT2D eigenvalue weighted by molar-refractivity contribution is -0.145. The van der Waals surface area contributed by atoms with E-state index >= 15 is 0 Å². The molecule has 0 unspecified atom stereocenters. The van der Waals surface area contributed by atoms with E-state index in [1.165, 1.54) is 6.92 Å². The summed E-state index contributed by atoms with van der Waals surface area (Å²) in [4.78, 5) is 23.3. The van der Waals surface area contributed by atoms with Gasteiger partial charge in [0.25, 0.3) is 0 Å². The Hall–Kier alpha value is -2.30. The van der Waals surface area contributed by atoms with E-state index in [9.17, 15) is 9.59 Å². The van der Waals surface area contributed by atoms with Gasteiger partial charge in [0.1, 0.15) is 18.0 Å². The molecule has 0 radical (unpaired) electrons. The van der Waals surface area contributed by atoms with Gasteiger partial charge in [-0.3, -0.25) is 4.79 Å². The van der Waals surface area contributed by atoms with Crippen LogP contribution in [0.3, 0.4) is 0 Å². The molecule has 0 saturated carbocycles. The van der Waals surface area contributed by atoms with Gasteiger partial charge in [-0.15, -0.1) is 0 Å². The summed E-state index contributed by atoms with van der Waals surface area (Å²) in [6.45, 7) is 5.26. The number of carbonyl (C=O) groups excluding carboxylic acids is 2. The van der Waals surface area contributed by atoms with Crippen LogP contribution in [0, 0.1) is 6.92 Å². The number of esters is 2. The number of furan rings is 1. The summed E-state index contributed by atoms with van der Waals surface area (Å²) < 4.78 is 16.4. The Morgan fingerprint density at radius 3 is 2.82 bits per heavy atom. The number of rotatable bonds is 1. The zero-order valence-electron chi connectivity index (χ0n) is 12.8. The first-order valence-corrected chi connectivity index (χ1v) is 7.27. The fraction of sp³-hybridized carbons (Fsp3) is 0.412. The lowest BCUT2D eigenvalue weighted by atomic mass is 9.96. The topological polar surface area (TPSA) is 65.7 Å². The van der Waals surface area contributed by atoms with Crippen molar-refractivity contribution < 1.29 is 23.5 Å². The minimum absolute atomic E-state index is 0.332. The van der Waals surface area contributed by atoms with Crippen LogP contribution in [0.5, 0.6) is 0 Å². The Bertz CT molecular complexity index is 692. The van der Waals surface area contributed by atoms with Gasteiger partial charge >= 0.3 is 11.9 Å². The summed E-state index contributed by atoms with van der Waals surface area (Å²) in [5.74, 6) is 0.0517. The van der Waals surface area contributed by atoms with Gasteiger partial charge in [0.15, 0.2) is 0 Å². The highest BCUT2D eigenvalue weighted by atomic mass is 16.6. The van der Waals surface area contributed by atoms with Crippen molar-refractivity contribution in [1.82, 2.24) is 0 Å². The fourth-order valence-corrected chi connectivity index (χ4v) is 2.99. The van der Waals surface area contributed by atoms with Crippen LogP contribution in [0.15, 0.2) is 34.0 Å². The van der Waals surface area contributed by atoms with Gasteiger partial charge < -0.3 is 13.9 Å². The summed E-state index contributed by atoms with van der Waals surface area (Å²) in [7, 11) is 0. The van der Waals surface area contributed by atoms with Gasteiger partial charge in [-0.2, -0.15) is 0 Å². The molecular formula is C17H18O5. The molecule has 116 valence electrons. The van der Waals surface area contributed by atoms with Gasteiger partial charge in [-0.1, -0.05) is 5.57 Å². The standard InChI is InChI=1S/C17H18O5/c1-9-4-13(21-11(3)18)6-12-7-15(22-17(12)19)16-10(2)8-20-14(16)5-9/h4,7-8,13,15H,5-6H2,1-3H3/b9-4-/t13-,15+/m0/s1. The lowest BCUT2D eigenvalue weighted by Gasteiger charge is -2.15. The lowest BCUT2D eigenvalue weighted by Crippen LogP contribution is -2.17. The third kappa shape index (κ3) is 2.71. The van der Waals surface area contributed by atoms with E-state index in [1.807, 2.05) is 19.9 Å². The van der Waals surface area contributed by atoms with E-state index in [-0.39, 0.29) is 11.9 Å². The van der Waals surface area contributed by atoms with Crippen molar-refractivity contribution in [1.29, 1.82) is 0 Å². The molecule has 3 rings (SSSR count). The van der Waals surface area contributed by atoms with Crippen LogP contribution in [0.25, 0.3) is 0 Å². The van der Waals surface area contributed by atoms with Gasteiger partial charge in [0.05, 0.1) is 6.26 Å². The van der Waals surface area contributed by atoms with E-state index in [0.717, 1.165) is 22.5 Å². The Morgan fingerprint density at radius 1 is 1.32 bits per heavy atom. The maximum atomic E-state index is 12.1. The van der Waals surface area contributed by atoms with Crippen molar-refractivity contribution in [2.24, 2.45) is 0 Å². The molecule has 1 aromatic rings. The molecule has 0 fully saturated rings. The van der Waals surface area contributed by atoms with Crippen molar-refractivity contribution in [2.45, 2.75) is 45.8 Å². The number of hydrogen-bond donors (Lipinski definition) is 0. The predicted octanol–water partition coefficient (Wildman–Crippen LogP) is 2.94. The van der Waals surface area contributed by atoms with Crippen LogP contribution in [-0.2, 0) is 25.5 Å². The van der Waals surface area contributed by atoms with E-state index < -0.39 is 12.2 Å². The second kappa shape index (κ2) is 5.48. The van der Waals surface area contributed by atoms with E-state index in [1.54, 1.807) is 12.3 Å². The number of allylic oxidation sites excluding steroid dienone is 1. The Morgan fingerprint density at radius 2 is 2.09 bits per heavy atom. The third-order valence-electron chi connectivity index (χ3n) is 3.88. The molecular weight excluding hydrogens is 284 g/mol. The summed E-state index contributed by atoms with van der Waals surface area (Å²) in [6, 6.07) is 0. The Balaban J connectivity index is 2.04. The number of ether oxygens (including phenoxy) is 2. The van der Waals surface area contributed by atoms with Crippen molar-refractivity contribution >= 4 is 11.9 Å². The minimum Gasteiger partial charge on any atom is -0.468 e. The summed E-state index contributed by atoms with van der Waals surface area (Å²) in [5.41, 5.74) is 3.45. The number of carbonyl (C=O) groups is 2. The molecule has 2 aliphatic rings. The monoisotopic (exact) mass is 302 g/mol. The van der Waals surface area contributed by atoms with Crippen LogP contribution in [0.4, 0.5) is 0 Å². The molecule has 5 heteroatoms. The van der Waals surface area contributed by atoms with Crippen molar-refractivity contribution in [3.05, 3.63) is 46.4 Å². The van der Waals surface area contributed by atoms with Gasteiger partial charge in [-0.25, -0.2) is 4.79 Å². The second-order valence-electron chi connectivity index (χ2n) is 5.82. The van der Waals surface area contributed by atoms with Crippen LogP contribution >= 0.6 is 0 Å². The van der Waals surface area contributed by atoms with E-state index in [2.05, 4.69) is 0 Å². The molecule has 2 atom stereocenters. The van der Waals surface area contributed by atoms with E-state index in [4.69, 9.17) is 13.9 Å². The van der Waals surface area contributed by atoms with E-state index in [0.29, 0.717) is 18.4 Å². The number of aryl methyl sites for hydroxylation is 1. The van der Waals surface area contributed by atoms with Crippen molar-refractivity contribution in [3.8, 4) is 0 Å². The first-order chi connectivity index (χ1) is 10.4. The Kier molecular flexibility index (Phi) is 3.64. The van der Waals surface area contributed by atoms with Gasteiger partial charge in [-0.05, 0) is 31.6 Å². The first-order valence-electron chi connectivity index (χ1n) is 7.27. The quantitative estimate of drug-likeness (QED) is 0.589. The average Bonchev–Trinajstić information content (AvgIpc) is 2.92. The maximum absolute atomic E-state index is 12.1. The molecule has 2 heterocycles. The molecule has 1 aliphatic carbocycles. The van der Waals surface area contributed by atoms with Gasteiger partial charge in [0.2, 0.25) is 0 Å². The molecule has 0 aromatic carbocycles. The summed E-state index contributed by atoms with van der Waals surface area (Å²) in [6.07, 6.45) is 5.40. The SMILES string of the molecule is CC(=O)O[C@H]1/C=C(/C)Cc2occ(C)c2[C@H]2C=C(C1)C(=O)O2. The van der Waals surface area contributed by atoms with Crippen LogP contribution in [-0.4, -0.2) is 18.0 Å². The maximum Gasteiger partial charge on any atom is 0.334 e. The average molecular weight is 302 g/mol. The molecule has 22 heavy (non-hydrogen) atoms. The predicted molar refractivity (Wildman–Crippen MR) is 78.0 cm³/mol. The molecule has 0 amide bonds.